The number of fused-ring (bicyclic) bond motifs is 10. The van der Waals surface area contributed by atoms with Gasteiger partial charge in [-0.25, -0.2) is 4.98 Å². The predicted molar refractivity (Wildman–Crippen MR) is 289 cm³/mol. The van der Waals surface area contributed by atoms with Gasteiger partial charge in [-0.2, -0.15) is 12.1 Å². The standard InChI is InChI=1S/C64H53N4O.Pt/c1-41-33-43(36-44(34-41)64(5,6)7)48-24-15-25-55-51-21-10-8-19-49(51)50-20-9-11-22-52(50)56-26-16-28-58-62(56)67(61(48)55)40-66(58)45-17-14-18-46(37-45)69-47-29-30-54-53-23-12-13-27-57(53)68(59(54)38-47)60-35-42(31-32-65-60)39-63(2,3)4;/h8-36,40H,39H2,1-7H3;/q-3;/i1D3,39D2;. The van der Waals surface area contributed by atoms with Crippen LogP contribution in [0.1, 0.15) is 65.1 Å². The number of ether oxygens (including phenoxy) is 1. The van der Waals surface area contributed by atoms with Gasteiger partial charge in [-0.3, -0.25) is 0 Å². The molecule has 1 aliphatic heterocycles. The predicted octanol–water partition coefficient (Wildman–Crippen LogP) is 17.1. The first-order chi connectivity index (χ1) is 35.3. The summed E-state index contributed by atoms with van der Waals surface area (Å²) in [7, 11) is 0. The Balaban J connectivity index is 0.00000602. The van der Waals surface area contributed by atoms with Gasteiger partial charge < -0.3 is 18.8 Å². The summed E-state index contributed by atoms with van der Waals surface area (Å²) in [4.78, 5) is 6.94. The van der Waals surface area contributed by atoms with Gasteiger partial charge in [0.25, 0.3) is 0 Å². The Labute approximate surface area is 431 Å². The Kier molecular flexibility index (Phi) is 9.74. The number of anilines is 2. The Hall–Kier alpha value is -7.33. The third-order valence-electron chi connectivity index (χ3n) is 13.1. The zero-order chi connectivity index (χ0) is 51.5. The Morgan fingerprint density at radius 1 is 0.614 bits per heavy atom. The molecule has 1 aliphatic rings. The molecule has 0 saturated carbocycles. The second-order valence-electron chi connectivity index (χ2n) is 20.1. The molecule has 348 valence electrons. The third-order valence-corrected chi connectivity index (χ3v) is 13.1. The molecule has 0 amide bonds. The normalized spacial score (nSPS) is 14.0. The summed E-state index contributed by atoms with van der Waals surface area (Å²) in [6.45, 7) is 11.9. The van der Waals surface area contributed by atoms with E-state index in [2.05, 4.69) is 146 Å². The fraction of sp³-hybridized carbons (Fsp3) is 0.156. The molecule has 5 nitrogen and oxygen atoms in total. The molecule has 3 aromatic heterocycles. The van der Waals surface area contributed by atoms with Gasteiger partial charge in [-0.1, -0.05) is 174 Å². The van der Waals surface area contributed by atoms with Crippen LogP contribution in [0.3, 0.4) is 0 Å². The fourth-order valence-electron chi connectivity index (χ4n) is 10.1. The molecule has 0 radical (unpaired) electrons. The van der Waals surface area contributed by atoms with Crippen LogP contribution in [0, 0.1) is 31.1 Å². The summed E-state index contributed by atoms with van der Waals surface area (Å²) in [5, 5.41) is 8.39. The van der Waals surface area contributed by atoms with Gasteiger partial charge in [0.1, 0.15) is 5.82 Å². The number of para-hydroxylation sites is 3. The van der Waals surface area contributed by atoms with Crippen molar-refractivity contribution in [2.45, 2.75) is 60.2 Å². The van der Waals surface area contributed by atoms with Gasteiger partial charge in [-0.15, -0.1) is 35.7 Å². The largest absolute Gasteiger partial charge is 0.509 e. The number of pyridine rings is 1. The quantitative estimate of drug-likeness (QED) is 0.156. The molecule has 70 heavy (non-hydrogen) atoms. The van der Waals surface area contributed by atoms with Crippen molar-refractivity contribution < 1.29 is 32.7 Å². The van der Waals surface area contributed by atoms with Gasteiger partial charge in [0.15, 0.2) is 0 Å². The zero-order valence-corrected chi connectivity index (χ0v) is 42.1. The maximum Gasteiger partial charge on any atom is 0.135 e. The second kappa shape index (κ2) is 17.3. The molecule has 12 rings (SSSR count). The van der Waals surface area contributed by atoms with Gasteiger partial charge in [-0.05, 0) is 126 Å². The van der Waals surface area contributed by atoms with E-state index < -0.39 is 18.6 Å². The molecule has 4 heterocycles. The number of aryl methyl sites for hydroxylation is 1. The zero-order valence-electron chi connectivity index (χ0n) is 44.8. The Bertz CT molecular complexity index is 4130. The van der Waals surface area contributed by atoms with Crippen molar-refractivity contribution in [3.05, 3.63) is 212 Å². The molecule has 0 bridgehead atoms. The van der Waals surface area contributed by atoms with Crippen LogP contribution in [-0.4, -0.2) is 14.1 Å². The van der Waals surface area contributed by atoms with Crippen LogP contribution < -0.4 is 9.64 Å². The maximum atomic E-state index is 9.07. The number of aromatic nitrogens is 3. The molecular formula is C64H53N4OPt-3. The van der Waals surface area contributed by atoms with E-state index in [-0.39, 0.29) is 26.5 Å². The van der Waals surface area contributed by atoms with Crippen LogP contribution in [0.2, 0.25) is 0 Å². The van der Waals surface area contributed by atoms with Crippen LogP contribution in [0.5, 0.6) is 11.5 Å². The third kappa shape index (κ3) is 7.87. The van der Waals surface area contributed by atoms with Crippen molar-refractivity contribution in [1.82, 2.24) is 14.1 Å². The molecule has 0 N–H and O–H groups in total. The summed E-state index contributed by atoms with van der Waals surface area (Å²) in [6, 6.07) is 64.5. The summed E-state index contributed by atoms with van der Waals surface area (Å²) in [5.41, 5.74) is 7.81. The van der Waals surface area contributed by atoms with Crippen molar-refractivity contribution in [2.24, 2.45) is 5.41 Å². The molecule has 0 spiro atoms. The number of hydrogen-bond donors (Lipinski definition) is 0. The van der Waals surface area contributed by atoms with Crippen LogP contribution in [0.4, 0.5) is 11.4 Å². The van der Waals surface area contributed by atoms with Crippen molar-refractivity contribution >= 4 is 76.5 Å². The SMILES string of the molecule is [2H]C([2H])([2H])c1cc(-c2cccc3c4ccccc4c4ccccc4c4cccc5c4n(c23)[CH-]N5c2[c-]c(Oc3[c-]c4c(cc3)c3ccccc3n4-c3cc(C([2H])([2H])C(C)(C)C)ccn3)ccc2)cc(C(C)(C)C)c1.[Pt]. The smallest absolute Gasteiger partial charge is 0.135 e. The van der Waals surface area contributed by atoms with E-state index in [4.69, 9.17) is 16.6 Å². The first-order valence-electron chi connectivity index (χ1n) is 26.0. The molecule has 6 heteroatoms. The van der Waals surface area contributed by atoms with Gasteiger partial charge >= 0.3 is 0 Å². The van der Waals surface area contributed by atoms with Crippen molar-refractivity contribution in [3.63, 3.8) is 0 Å². The maximum absolute atomic E-state index is 9.07. The number of rotatable bonds is 6. The van der Waals surface area contributed by atoms with E-state index in [1.54, 1.807) is 12.3 Å². The van der Waals surface area contributed by atoms with E-state index in [9.17, 15) is 0 Å². The Morgan fingerprint density at radius 2 is 1.26 bits per heavy atom. The molecule has 8 aromatic carbocycles. The van der Waals surface area contributed by atoms with Gasteiger partial charge in [0.2, 0.25) is 0 Å². The van der Waals surface area contributed by atoms with Crippen molar-refractivity contribution in [1.29, 1.82) is 0 Å². The summed E-state index contributed by atoms with van der Waals surface area (Å²) in [6.07, 6.45) is 0.0613. The molecule has 0 unspecified atom stereocenters. The number of hydrogen-bond acceptors (Lipinski definition) is 3. The molecule has 0 atom stereocenters. The van der Waals surface area contributed by atoms with Crippen molar-refractivity contribution in [2.75, 3.05) is 4.90 Å². The monoisotopic (exact) mass is 1090 g/mol. The first-order valence-corrected chi connectivity index (χ1v) is 23.5. The van der Waals surface area contributed by atoms with Gasteiger partial charge in [0.05, 0.1) is 0 Å². The average Bonchev–Trinajstić information content (AvgIpc) is 3.97. The van der Waals surface area contributed by atoms with Crippen LogP contribution >= 0.6 is 0 Å². The molecule has 0 saturated heterocycles. The minimum atomic E-state index is -2.32. The van der Waals surface area contributed by atoms with E-state index in [0.29, 0.717) is 28.4 Å². The van der Waals surface area contributed by atoms with E-state index in [0.717, 1.165) is 93.2 Å². The fourth-order valence-corrected chi connectivity index (χ4v) is 10.1. The molecule has 0 fully saturated rings. The van der Waals surface area contributed by atoms with Crippen LogP contribution in [0.25, 0.3) is 82.1 Å². The van der Waals surface area contributed by atoms with Crippen molar-refractivity contribution in [3.8, 4) is 28.4 Å². The van der Waals surface area contributed by atoms with Gasteiger partial charge in [0, 0.05) is 56.8 Å². The molecule has 0 aliphatic carbocycles. The van der Waals surface area contributed by atoms with E-state index in [1.165, 1.54) is 0 Å². The number of nitrogens with zero attached hydrogens (tertiary/aromatic N) is 4. The average molecular weight is 1090 g/mol. The Morgan fingerprint density at radius 3 is 1.97 bits per heavy atom. The molecule has 11 aromatic rings. The first kappa shape index (κ1) is 39.5. The van der Waals surface area contributed by atoms with E-state index in [1.807, 2.05) is 92.1 Å². The molecular weight excluding hydrogens is 1040 g/mol. The van der Waals surface area contributed by atoms with Crippen LogP contribution in [0.15, 0.2) is 176 Å². The van der Waals surface area contributed by atoms with Crippen LogP contribution in [-0.2, 0) is 32.9 Å². The minimum absolute atomic E-state index is 0. The summed E-state index contributed by atoms with van der Waals surface area (Å²) in [5.74, 6) is 1.56. The number of benzene rings is 8. The summed E-state index contributed by atoms with van der Waals surface area (Å²) < 4.78 is 55.0. The van der Waals surface area contributed by atoms with E-state index >= 15 is 0 Å². The second-order valence-corrected chi connectivity index (χ2v) is 20.1. The topological polar surface area (TPSA) is 35.2 Å². The minimum Gasteiger partial charge on any atom is -0.509 e. The summed E-state index contributed by atoms with van der Waals surface area (Å²) >= 11 is 0.